The molecule has 0 spiro atoms. The average Bonchev–Trinajstić information content (AvgIpc) is 2.60. The summed E-state index contributed by atoms with van der Waals surface area (Å²) >= 11 is 15.5. The first kappa shape index (κ1) is 20.7. The smallest absolute Gasteiger partial charge is 0.242 e. The lowest BCUT2D eigenvalue weighted by Crippen LogP contribution is -2.47. The number of likely N-dealkylation sites (N-methyl/N-ethyl adjacent to an activating group) is 1. The van der Waals surface area contributed by atoms with Crippen LogP contribution in [0.4, 0.5) is 0 Å². The average molecular weight is 458 g/mol. The van der Waals surface area contributed by atoms with E-state index in [1.165, 1.54) is 0 Å². The Balaban J connectivity index is 2.26. The molecule has 0 aliphatic rings. The predicted octanol–water partition coefficient (Wildman–Crippen LogP) is 4.46. The van der Waals surface area contributed by atoms with Gasteiger partial charge in [-0.15, -0.1) is 0 Å². The highest BCUT2D eigenvalue weighted by molar-refractivity contribution is 9.10. The summed E-state index contributed by atoms with van der Waals surface area (Å²) < 4.78 is 0.913. The third-order valence-electron chi connectivity index (χ3n) is 4.01. The van der Waals surface area contributed by atoms with Crippen molar-refractivity contribution >= 4 is 50.9 Å². The molecule has 4 nitrogen and oxygen atoms in total. The number of carbonyl (C=O) groups excluding carboxylic acids is 2. The Bertz CT molecular complexity index is 814. The summed E-state index contributed by atoms with van der Waals surface area (Å²) in [6.45, 7) is 2.02. The van der Waals surface area contributed by atoms with Gasteiger partial charge in [-0.05, 0) is 42.3 Å². The lowest BCUT2D eigenvalue weighted by molar-refractivity contribution is -0.139. The van der Waals surface area contributed by atoms with E-state index in [0.29, 0.717) is 22.2 Å². The molecule has 2 aromatic carbocycles. The number of carbonyl (C=O) groups is 2. The summed E-state index contributed by atoms with van der Waals surface area (Å²) in [5, 5.41) is 3.54. The van der Waals surface area contributed by atoms with Crippen LogP contribution in [0.15, 0.2) is 46.9 Å². The second-order valence-electron chi connectivity index (χ2n) is 5.85. The topological polar surface area (TPSA) is 49.4 Å². The Morgan fingerprint density at radius 2 is 1.92 bits per heavy atom. The number of amides is 2. The summed E-state index contributed by atoms with van der Waals surface area (Å²) in [7, 11) is 1.55. The van der Waals surface area contributed by atoms with Gasteiger partial charge in [0.2, 0.25) is 11.8 Å². The van der Waals surface area contributed by atoms with Crippen LogP contribution >= 0.6 is 39.1 Å². The molecule has 0 saturated heterocycles. The molecule has 1 unspecified atom stereocenters. The molecule has 0 saturated carbocycles. The molecule has 1 N–H and O–H groups in total. The zero-order valence-corrected chi connectivity index (χ0v) is 17.5. The minimum Gasteiger partial charge on any atom is -0.357 e. The van der Waals surface area contributed by atoms with Gasteiger partial charge in [0.05, 0.1) is 6.42 Å². The van der Waals surface area contributed by atoms with E-state index in [1.54, 1.807) is 37.1 Å². The minimum atomic E-state index is -0.613. The summed E-state index contributed by atoms with van der Waals surface area (Å²) in [6.07, 6.45) is 0.0886. The molecule has 2 rings (SSSR count). The zero-order chi connectivity index (χ0) is 19.3. The lowest BCUT2D eigenvalue weighted by atomic mass is 10.1. The molecule has 0 bridgehead atoms. The van der Waals surface area contributed by atoms with Crippen molar-refractivity contribution in [2.75, 3.05) is 7.05 Å². The van der Waals surface area contributed by atoms with Gasteiger partial charge in [0.25, 0.3) is 0 Å². The summed E-state index contributed by atoms with van der Waals surface area (Å²) in [4.78, 5) is 26.6. The van der Waals surface area contributed by atoms with Crippen LogP contribution in [-0.2, 0) is 22.6 Å². The number of hydrogen-bond acceptors (Lipinski definition) is 2. The monoisotopic (exact) mass is 456 g/mol. The highest BCUT2D eigenvalue weighted by Gasteiger charge is 2.26. The van der Waals surface area contributed by atoms with E-state index in [2.05, 4.69) is 21.2 Å². The van der Waals surface area contributed by atoms with Gasteiger partial charge in [0.15, 0.2) is 0 Å². The SMILES string of the molecule is CNC(=O)C(C)N(Cc1cccc(Br)c1)C(=O)Cc1ccc(Cl)cc1Cl. The molecule has 0 radical (unpaired) electrons. The van der Waals surface area contributed by atoms with Crippen LogP contribution in [0.25, 0.3) is 0 Å². The fourth-order valence-electron chi connectivity index (χ4n) is 2.55. The van der Waals surface area contributed by atoms with E-state index in [4.69, 9.17) is 23.2 Å². The van der Waals surface area contributed by atoms with Gasteiger partial charge < -0.3 is 10.2 Å². The first-order chi connectivity index (χ1) is 12.3. The van der Waals surface area contributed by atoms with Crippen molar-refractivity contribution in [1.82, 2.24) is 10.2 Å². The van der Waals surface area contributed by atoms with Gasteiger partial charge in [0, 0.05) is 28.1 Å². The molecule has 0 heterocycles. The highest BCUT2D eigenvalue weighted by atomic mass is 79.9. The molecule has 138 valence electrons. The van der Waals surface area contributed by atoms with Gasteiger partial charge in [0.1, 0.15) is 6.04 Å². The van der Waals surface area contributed by atoms with Gasteiger partial charge in [-0.2, -0.15) is 0 Å². The number of nitrogens with zero attached hydrogens (tertiary/aromatic N) is 1. The Hall–Kier alpha value is -1.56. The highest BCUT2D eigenvalue weighted by Crippen LogP contribution is 2.23. The van der Waals surface area contributed by atoms with Crippen LogP contribution in [0.5, 0.6) is 0 Å². The number of hydrogen-bond donors (Lipinski definition) is 1. The van der Waals surface area contributed by atoms with Crippen LogP contribution in [0.1, 0.15) is 18.1 Å². The zero-order valence-electron chi connectivity index (χ0n) is 14.4. The van der Waals surface area contributed by atoms with Gasteiger partial charge in [-0.3, -0.25) is 9.59 Å². The Morgan fingerprint density at radius 3 is 2.54 bits per heavy atom. The summed E-state index contributed by atoms with van der Waals surface area (Å²) in [6, 6.07) is 12.0. The Morgan fingerprint density at radius 1 is 1.19 bits per heavy atom. The molecule has 26 heavy (non-hydrogen) atoms. The third kappa shape index (κ3) is 5.47. The normalized spacial score (nSPS) is 11.7. The van der Waals surface area contributed by atoms with Crippen LogP contribution in [0.2, 0.25) is 10.0 Å². The molecule has 2 amide bonds. The second-order valence-corrected chi connectivity index (χ2v) is 7.61. The number of halogens is 3. The summed E-state index contributed by atoms with van der Waals surface area (Å²) in [5.74, 6) is -0.416. The molecule has 0 aliphatic carbocycles. The van der Waals surface area contributed by atoms with Crippen molar-refractivity contribution in [3.05, 3.63) is 68.1 Å². The second kappa shape index (κ2) is 9.40. The van der Waals surface area contributed by atoms with Crippen LogP contribution in [0.3, 0.4) is 0 Å². The van der Waals surface area contributed by atoms with Crippen molar-refractivity contribution in [2.24, 2.45) is 0 Å². The number of nitrogens with one attached hydrogen (secondary N) is 1. The Labute approximate surface area is 171 Å². The predicted molar refractivity (Wildman–Crippen MR) is 108 cm³/mol. The fourth-order valence-corrected chi connectivity index (χ4v) is 3.48. The molecule has 0 aromatic heterocycles. The first-order valence-corrected chi connectivity index (χ1v) is 9.56. The maximum Gasteiger partial charge on any atom is 0.242 e. The maximum atomic E-state index is 12.9. The van der Waals surface area contributed by atoms with Gasteiger partial charge in [-0.1, -0.05) is 57.3 Å². The van der Waals surface area contributed by atoms with E-state index in [0.717, 1.165) is 10.0 Å². The van der Waals surface area contributed by atoms with Gasteiger partial charge >= 0.3 is 0 Å². The van der Waals surface area contributed by atoms with Gasteiger partial charge in [-0.25, -0.2) is 0 Å². The molecule has 7 heteroatoms. The first-order valence-electron chi connectivity index (χ1n) is 8.01. The molecule has 1 atom stereocenters. The maximum absolute atomic E-state index is 12.9. The lowest BCUT2D eigenvalue weighted by Gasteiger charge is -2.28. The largest absolute Gasteiger partial charge is 0.357 e. The van der Waals surface area contributed by atoms with Crippen molar-refractivity contribution in [1.29, 1.82) is 0 Å². The van der Waals surface area contributed by atoms with E-state index in [-0.39, 0.29) is 18.2 Å². The van der Waals surface area contributed by atoms with E-state index < -0.39 is 6.04 Å². The van der Waals surface area contributed by atoms with E-state index in [9.17, 15) is 9.59 Å². The fraction of sp³-hybridized carbons (Fsp3) is 0.263. The number of benzene rings is 2. The Kier molecular flexibility index (Phi) is 7.50. The minimum absolute atomic E-state index is 0.0886. The van der Waals surface area contributed by atoms with Crippen LogP contribution in [-0.4, -0.2) is 29.8 Å². The number of rotatable bonds is 6. The van der Waals surface area contributed by atoms with Crippen molar-refractivity contribution in [3.8, 4) is 0 Å². The standard InChI is InChI=1S/C19H19BrCl2N2O2/c1-12(19(26)23-2)24(11-13-4-3-5-15(20)8-13)18(25)9-14-6-7-16(21)10-17(14)22/h3-8,10,12H,9,11H2,1-2H3,(H,23,26). The van der Waals surface area contributed by atoms with Crippen molar-refractivity contribution in [3.63, 3.8) is 0 Å². The molecule has 2 aromatic rings. The van der Waals surface area contributed by atoms with E-state index in [1.807, 2.05) is 24.3 Å². The third-order valence-corrected chi connectivity index (χ3v) is 5.09. The quantitative estimate of drug-likeness (QED) is 0.695. The van der Waals surface area contributed by atoms with E-state index >= 15 is 0 Å². The van der Waals surface area contributed by atoms with Crippen LogP contribution < -0.4 is 5.32 Å². The van der Waals surface area contributed by atoms with Crippen molar-refractivity contribution in [2.45, 2.75) is 25.9 Å². The van der Waals surface area contributed by atoms with Crippen molar-refractivity contribution < 1.29 is 9.59 Å². The summed E-state index contributed by atoms with van der Waals surface area (Å²) in [5.41, 5.74) is 1.59. The van der Waals surface area contributed by atoms with Crippen LogP contribution in [0, 0.1) is 0 Å². The molecule has 0 aliphatic heterocycles. The molecular weight excluding hydrogens is 439 g/mol. The molecule has 0 fully saturated rings. The molecular formula is C19H19BrCl2N2O2.